The molecule has 0 saturated carbocycles. The number of carboxylic acids is 1. The number of carboxylic acid groups (broad SMARTS) is 1. The van der Waals surface area contributed by atoms with E-state index in [1.807, 2.05) is 6.07 Å². The van der Waals surface area contributed by atoms with Gasteiger partial charge in [0.05, 0.1) is 22.8 Å². The number of hydrogen-bond donors (Lipinski definition) is 2. The van der Waals surface area contributed by atoms with Crippen LogP contribution in [0.4, 0.5) is 0 Å². The lowest BCUT2D eigenvalue weighted by Gasteiger charge is -2.19. The maximum atomic E-state index is 11.9. The summed E-state index contributed by atoms with van der Waals surface area (Å²) >= 11 is 0. The van der Waals surface area contributed by atoms with E-state index >= 15 is 0 Å². The minimum atomic E-state index is -1.16. The average molecular weight is 460 g/mol. The largest absolute Gasteiger partial charge is 0.505 e. The van der Waals surface area contributed by atoms with Crippen molar-refractivity contribution in [2.24, 2.45) is 0 Å². The summed E-state index contributed by atoms with van der Waals surface area (Å²) in [5.74, 6) is -1.44. The zero-order chi connectivity index (χ0) is 24.7. The van der Waals surface area contributed by atoms with Gasteiger partial charge in [-0.1, -0.05) is 45.0 Å². The molecule has 1 aromatic heterocycles. The lowest BCUT2D eigenvalue weighted by molar-refractivity contribution is 0.0695. The molecule has 0 saturated heterocycles. The third-order valence-electron chi connectivity index (χ3n) is 6.54. The monoisotopic (exact) mass is 459 g/mol. The van der Waals surface area contributed by atoms with Gasteiger partial charge in [-0.3, -0.25) is 0 Å². The van der Waals surface area contributed by atoms with Crippen molar-refractivity contribution < 1.29 is 15.0 Å². The molecule has 0 amide bonds. The van der Waals surface area contributed by atoms with E-state index in [2.05, 4.69) is 31.7 Å². The molecule has 178 valence electrons. The number of aromatic hydroxyl groups is 1. The van der Waals surface area contributed by atoms with Gasteiger partial charge in [0.2, 0.25) is 0 Å². The summed E-state index contributed by atoms with van der Waals surface area (Å²) < 4.78 is 0. The van der Waals surface area contributed by atoms with E-state index in [0.29, 0.717) is 28.6 Å². The Kier molecular flexibility index (Phi) is 8.61. The van der Waals surface area contributed by atoms with Crippen molar-refractivity contribution in [3.63, 3.8) is 0 Å². The van der Waals surface area contributed by atoms with Crippen LogP contribution in [0, 0.1) is 11.3 Å². The molecular weight excluding hydrogens is 426 g/mol. The molecule has 2 N–H and O–H groups in total. The van der Waals surface area contributed by atoms with Crippen molar-refractivity contribution in [1.82, 2.24) is 9.88 Å². The van der Waals surface area contributed by atoms with E-state index in [9.17, 15) is 15.0 Å². The molecule has 6 nitrogen and oxygen atoms in total. The Hall–Kier alpha value is -3.43. The first-order valence-corrected chi connectivity index (χ1v) is 12.0. The zero-order valence-corrected chi connectivity index (χ0v) is 20.3. The van der Waals surface area contributed by atoms with E-state index in [0.717, 1.165) is 36.8 Å². The number of aromatic carboxylic acids is 1. The molecule has 34 heavy (non-hydrogen) atoms. The fraction of sp³-hybridized carbons (Fsp3) is 0.393. The Morgan fingerprint density at radius 1 is 1.03 bits per heavy atom. The van der Waals surface area contributed by atoms with E-state index in [-0.39, 0.29) is 11.3 Å². The number of carbonyl (C=O) groups is 1. The minimum Gasteiger partial charge on any atom is -0.505 e. The molecule has 4 rings (SSSR count). The molecule has 0 bridgehead atoms. The second-order valence-corrected chi connectivity index (χ2v) is 8.50. The molecule has 0 aliphatic heterocycles. The van der Waals surface area contributed by atoms with E-state index in [1.165, 1.54) is 25.2 Å². The quantitative estimate of drug-likeness (QED) is 0.517. The molecule has 0 radical (unpaired) electrons. The first-order valence-electron chi connectivity index (χ1n) is 12.0. The van der Waals surface area contributed by atoms with Crippen LogP contribution in [-0.2, 0) is 19.3 Å². The fourth-order valence-electron chi connectivity index (χ4n) is 4.50. The van der Waals surface area contributed by atoms with Gasteiger partial charge in [-0.2, -0.15) is 5.26 Å². The summed E-state index contributed by atoms with van der Waals surface area (Å²) in [5.41, 5.74) is 4.67. The number of benzene rings is 2. The van der Waals surface area contributed by atoms with Gasteiger partial charge < -0.3 is 15.1 Å². The van der Waals surface area contributed by atoms with Crippen molar-refractivity contribution in [3.8, 4) is 11.8 Å². The molecular formula is C28H33N3O3. The van der Waals surface area contributed by atoms with Crippen LogP contribution < -0.4 is 0 Å². The summed E-state index contributed by atoms with van der Waals surface area (Å²) in [6, 6.07) is 12.8. The predicted molar refractivity (Wildman–Crippen MR) is 134 cm³/mol. The smallest absolute Gasteiger partial charge is 0.340 e. The summed E-state index contributed by atoms with van der Waals surface area (Å²) in [4.78, 5) is 18.9. The molecule has 1 heterocycles. The van der Waals surface area contributed by atoms with Gasteiger partial charge >= 0.3 is 5.97 Å². The van der Waals surface area contributed by atoms with Crippen LogP contribution >= 0.6 is 0 Å². The van der Waals surface area contributed by atoms with Gasteiger partial charge in [-0.05, 0) is 74.1 Å². The van der Waals surface area contributed by atoms with Crippen LogP contribution in [0.15, 0.2) is 36.4 Å². The van der Waals surface area contributed by atoms with Gasteiger partial charge in [-0.25, -0.2) is 9.78 Å². The van der Waals surface area contributed by atoms with E-state index < -0.39 is 5.97 Å². The SMILES string of the molecule is CCN(CC)CC.N#Cc1ccc(Cc2nc3c4c(ccc3c(C(=O)O)c2O)CCCC4)cc1. The Morgan fingerprint density at radius 3 is 2.24 bits per heavy atom. The number of fused-ring (bicyclic) bond motifs is 3. The number of hydrogen-bond acceptors (Lipinski definition) is 5. The van der Waals surface area contributed by atoms with E-state index in [1.54, 1.807) is 30.3 Å². The normalized spacial score (nSPS) is 12.6. The van der Waals surface area contributed by atoms with Gasteiger partial charge in [-0.15, -0.1) is 0 Å². The van der Waals surface area contributed by atoms with Crippen LogP contribution in [-0.4, -0.2) is 45.7 Å². The Bertz CT molecular complexity index is 1190. The van der Waals surface area contributed by atoms with Crippen molar-refractivity contribution in [3.05, 3.63) is 69.9 Å². The Labute approximate surface area is 201 Å². The third-order valence-corrected chi connectivity index (χ3v) is 6.54. The third kappa shape index (κ3) is 5.55. The molecule has 0 spiro atoms. The molecule has 1 aliphatic carbocycles. The topological polar surface area (TPSA) is 97.5 Å². The summed E-state index contributed by atoms with van der Waals surface area (Å²) in [6.45, 7) is 10.1. The maximum absolute atomic E-state index is 11.9. The van der Waals surface area contributed by atoms with Gasteiger partial charge in [0.25, 0.3) is 0 Å². The Balaban J connectivity index is 0.000000406. The number of rotatable bonds is 6. The highest BCUT2D eigenvalue weighted by Crippen LogP contribution is 2.35. The van der Waals surface area contributed by atoms with Gasteiger partial charge in [0.15, 0.2) is 5.75 Å². The average Bonchev–Trinajstić information content (AvgIpc) is 2.86. The molecule has 6 heteroatoms. The van der Waals surface area contributed by atoms with Crippen LogP contribution in [0.1, 0.15) is 71.9 Å². The maximum Gasteiger partial charge on any atom is 0.340 e. The number of nitriles is 1. The Morgan fingerprint density at radius 2 is 1.68 bits per heavy atom. The van der Waals surface area contributed by atoms with Crippen molar-refractivity contribution in [1.29, 1.82) is 5.26 Å². The summed E-state index contributed by atoms with van der Waals surface area (Å²) in [5, 5.41) is 29.7. The zero-order valence-electron chi connectivity index (χ0n) is 20.3. The van der Waals surface area contributed by atoms with Crippen LogP contribution in [0.3, 0.4) is 0 Å². The van der Waals surface area contributed by atoms with Crippen molar-refractivity contribution in [2.75, 3.05) is 19.6 Å². The number of nitrogens with zero attached hydrogens (tertiary/aromatic N) is 3. The first-order chi connectivity index (χ1) is 16.4. The lowest BCUT2D eigenvalue weighted by atomic mass is 9.88. The molecule has 0 fully saturated rings. The second-order valence-electron chi connectivity index (χ2n) is 8.50. The highest BCUT2D eigenvalue weighted by atomic mass is 16.4. The number of pyridine rings is 1. The highest BCUT2D eigenvalue weighted by Gasteiger charge is 2.23. The summed E-state index contributed by atoms with van der Waals surface area (Å²) in [7, 11) is 0. The van der Waals surface area contributed by atoms with E-state index in [4.69, 9.17) is 10.2 Å². The molecule has 2 aromatic carbocycles. The predicted octanol–water partition coefficient (Wildman–Crippen LogP) is 5.33. The van der Waals surface area contributed by atoms with Crippen LogP contribution in [0.2, 0.25) is 0 Å². The van der Waals surface area contributed by atoms with Gasteiger partial charge in [0.1, 0.15) is 5.56 Å². The van der Waals surface area contributed by atoms with Crippen molar-refractivity contribution >= 4 is 16.9 Å². The fourth-order valence-corrected chi connectivity index (χ4v) is 4.50. The standard InChI is InChI=1S/C22H18N2O3.C6H15N/c23-12-14-7-5-13(6-8-14)11-18-21(25)19(22(26)27)17-10-9-15-3-1-2-4-16(15)20(17)24-18;1-4-7(5-2)6-3/h5-10,25H,1-4,11H2,(H,26,27);4-6H2,1-3H3. The molecule has 3 aromatic rings. The van der Waals surface area contributed by atoms with Crippen LogP contribution in [0.5, 0.6) is 5.75 Å². The van der Waals surface area contributed by atoms with Gasteiger partial charge in [0, 0.05) is 11.8 Å². The molecule has 0 atom stereocenters. The van der Waals surface area contributed by atoms with Crippen molar-refractivity contribution in [2.45, 2.75) is 52.9 Å². The second kappa shape index (κ2) is 11.6. The highest BCUT2D eigenvalue weighted by molar-refractivity contribution is 6.06. The molecule has 0 unspecified atom stereocenters. The first kappa shape index (κ1) is 25.2. The van der Waals surface area contributed by atoms with Crippen LogP contribution in [0.25, 0.3) is 10.9 Å². The number of aromatic nitrogens is 1. The number of aryl methyl sites for hydroxylation is 2. The molecule has 1 aliphatic rings. The minimum absolute atomic E-state index is 0.0861. The summed E-state index contributed by atoms with van der Waals surface area (Å²) in [6.07, 6.45) is 4.33. The lowest BCUT2D eigenvalue weighted by Crippen LogP contribution is -2.21.